The van der Waals surface area contributed by atoms with Gasteiger partial charge in [0.15, 0.2) is 5.82 Å². The van der Waals surface area contributed by atoms with Crippen molar-refractivity contribution in [2.75, 3.05) is 5.32 Å². The van der Waals surface area contributed by atoms with Gasteiger partial charge in [-0.2, -0.15) is 0 Å². The number of carbonyl (C=O) groups is 2. The van der Waals surface area contributed by atoms with E-state index in [1.165, 1.54) is 24.3 Å². The lowest BCUT2D eigenvalue weighted by Crippen LogP contribution is -2.34. The molecule has 11 heteroatoms. The molecule has 3 aromatic carbocycles. The first-order valence-electron chi connectivity index (χ1n) is 9.60. The van der Waals surface area contributed by atoms with Gasteiger partial charge >= 0.3 is 0 Å². The minimum absolute atomic E-state index is 0.0221. The van der Waals surface area contributed by atoms with Crippen LogP contribution in [0.1, 0.15) is 27.4 Å². The van der Waals surface area contributed by atoms with Crippen LogP contribution in [0.15, 0.2) is 54.6 Å². The maximum absolute atomic E-state index is 14.8. The van der Waals surface area contributed by atoms with Gasteiger partial charge in [-0.05, 0) is 59.7 Å². The van der Waals surface area contributed by atoms with Crippen molar-refractivity contribution < 1.29 is 22.8 Å². The fraction of sp³-hybridized carbons (Fsp3) is 0.130. The van der Waals surface area contributed by atoms with Crippen molar-refractivity contribution in [3.63, 3.8) is 0 Å². The third-order valence-corrected chi connectivity index (χ3v) is 7.33. The molecule has 2 atom stereocenters. The summed E-state index contributed by atoms with van der Waals surface area (Å²) in [6.07, 6.45) is 0. The van der Waals surface area contributed by atoms with E-state index in [9.17, 15) is 22.8 Å². The molecule has 0 heterocycles. The molecule has 2 amide bonds. The fourth-order valence-corrected chi connectivity index (χ4v) is 5.58. The van der Waals surface area contributed by atoms with Crippen LogP contribution in [0.3, 0.4) is 0 Å². The summed E-state index contributed by atoms with van der Waals surface area (Å²) in [4.78, 5) is 25.5. The van der Waals surface area contributed by atoms with E-state index in [1.54, 1.807) is 0 Å². The van der Waals surface area contributed by atoms with Crippen LogP contribution in [0.4, 0.5) is 18.9 Å². The van der Waals surface area contributed by atoms with Crippen LogP contribution >= 0.6 is 46.4 Å². The maximum Gasteiger partial charge on any atom is 0.258 e. The zero-order valence-electron chi connectivity index (χ0n) is 16.8. The summed E-state index contributed by atoms with van der Waals surface area (Å²) in [5.74, 6) is -5.21. The number of hydrogen-bond acceptors (Lipinski definition) is 2. The van der Waals surface area contributed by atoms with Crippen molar-refractivity contribution >= 4 is 63.9 Å². The number of nitrogens with one attached hydrogen (secondary N) is 1. The third-order valence-electron chi connectivity index (χ3n) is 5.73. The van der Waals surface area contributed by atoms with E-state index in [2.05, 4.69) is 5.32 Å². The van der Waals surface area contributed by atoms with Gasteiger partial charge in [0.05, 0.1) is 15.6 Å². The molecule has 1 fully saturated rings. The molecule has 0 aliphatic heterocycles. The van der Waals surface area contributed by atoms with Gasteiger partial charge in [0.1, 0.15) is 21.4 Å². The molecule has 3 aromatic rings. The lowest BCUT2D eigenvalue weighted by Gasteiger charge is -2.18. The maximum atomic E-state index is 14.8. The Hall–Kier alpha value is -2.45. The molecule has 1 aliphatic rings. The normalized spacial score (nSPS) is 20.6. The molecule has 3 N–H and O–H groups in total. The second-order valence-corrected chi connectivity index (χ2v) is 9.88. The van der Waals surface area contributed by atoms with Crippen molar-refractivity contribution in [1.82, 2.24) is 0 Å². The van der Waals surface area contributed by atoms with Gasteiger partial charge in [-0.3, -0.25) is 9.59 Å². The van der Waals surface area contributed by atoms with Crippen molar-refractivity contribution in [3.8, 4) is 0 Å². The molecular formula is C23H13Cl4F3N2O2. The molecule has 1 saturated carbocycles. The highest BCUT2D eigenvalue weighted by molar-refractivity contribution is 6.55. The highest BCUT2D eigenvalue weighted by Gasteiger charge is 2.81. The molecule has 4 rings (SSSR count). The fourth-order valence-electron chi connectivity index (χ4n) is 4.08. The monoisotopic (exact) mass is 546 g/mol. The summed E-state index contributed by atoms with van der Waals surface area (Å²) in [5, 5.41) is 1.69. The van der Waals surface area contributed by atoms with Crippen LogP contribution < -0.4 is 11.1 Å². The zero-order valence-corrected chi connectivity index (χ0v) is 19.8. The van der Waals surface area contributed by atoms with Gasteiger partial charge < -0.3 is 11.1 Å². The molecule has 2 unspecified atom stereocenters. The van der Waals surface area contributed by atoms with Crippen LogP contribution in [-0.2, 0) is 10.2 Å². The average Bonchev–Trinajstić information content (AvgIpc) is 3.30. The predicted octanol–water partition coefficient (Wildman–Crippen LogP) is 6.36. The first-order valence-corrected chi connectivity index (χ1v) is 11.1. The molecule has 4 nitrogen and oxygen atoms in total. The number of hydrogen-bond donors (Lipinski definition) is 2. The van der Waals surface area contributed by atoms with E-state index in [1.807, 2.05) is 0 Å². The Morgan fingerprint density at radius 1 is 0.912 bits per heavy atom. The first-order chi connectivity index (χ1) is 15.9. The summed E-state index contributed by atoms with van der Waals surface area (Å²) >= 11 is 24.9. The Labute approximate surface area is 211 Å². The topological polar surface area (TPSA) is 72.2 Å². The SMILES string of the molecule is NC(=O)C1(c2cc(Cl)c(F)c(C(=O)Nc3ccc(F)cc3)c2)C(c2ccc(F)c(Cl)c2)C1(Cl)Cl. The molecule has 1 aliphatic carbocycles. The molecule has 0 spiro atoms. The van der Waals surface area contributed by atoms with Crippen LogP contribution in [0.5, 0.6) is 0 Å². The number of alkyl halides is 2. The quantitative estimate of drug-likeness (QED) is 0.365. The number of benzene rings is 3. The van der Waals surface area contributed by atoms with Gasteiger partial charge in [0.2, 0.25) is 5.91 Å². The number of anilines is 1. The molecule has 34 heavy (non-hydrogen) atoms. The van der Waals surface area contributed by atoms with Crippen molar-refractivity contribution in [3.05, 3.63) is 98.8 Å². The minimum atomic E-state index is -1.84. The highest BCUT2D eigenvalue weighted by Crippen LogP contribution is 2.74. The Balaban J connectivity index is 1.81. The standard InChI is InChI=1S/C23H13Cl4F3N2O2/c24-15-7-10(1-6-17(15)29)19-22(21(31)34,23(19,26)27)11-8-14(18(30)16(25)9-11)20(33)32-13-4-2-12(28)3-5-13/h1-9,19H,(H2,31,34)(H,32,33). The second-order valence-electron chi connectivity index (χ2n) is 7.68. The molecule has 0 saturated heterocycles. The number of amides is 2. The number of halogens is 7. The van der Waals surface area contributed by atoms with Gasteiger partial charge in [-0.1, -0.05) is 52.5 Å². The van der Waals surface area contributed by atoms with Crippen molar-refractivity contribution in [2.45, 2.75) is 15.7 Å². The van der Waals surface area contributed by atoms with Crippen LogP contribution in [0, 0.1) is 17.5 Å². The summed E-state index contributed by atoms with van der Waals surface area (Å²) < 4.78 is 39.8. The van der Waals surface area contributed by atoms with E-state index in [4.69, 9.17) is 52.1 Å². The predicted molar refractivity (Wildman–Crippen MR) is 125 cm³/mol. The lowest BCUT2D eigenvalue weighted by molar-refractivity contribution is -0.120. The number of nitrogens with two attached hydrogens (primary N) is 1. The lowest BCUT2D eigenvalue weighted by atomic mass is 9.88. The molecule has 0 bridgehead atoms. The Morgan fingerprint density at radius 3 is 2.15 bits per heavy atom. The van der Waals surface area contributed by atoms with Gasteiger partial charge in [0, 0.05) is 11.6 Å². The highest BCUT2D eigenvalue weighted by atomic mass is 35.5. The summed E-state index contributed by atoms with van der Waals surface area (Å²) in [5.41, 5.74) is 3.80. The Kier molecular flexibility index (Phi) is 6.27. The number of carbonyl (C=O) groups excluding carboxylic acids is 2. The van der Waals surface area contributed by atoms with E-state index < -0.39 is 55.5 Å². The third kappa shape index (κ3) is 3.81. The summed E-state index contributed by atoms with van der Waals surface area (Å²) in [6, 6.07) is 10.6. The molecular weight excluding hydrogens is 535 g/mol. The first kappa shape index (κ1) is 24.7. The van der Waals surface area contributed by atoms with E-state index in [-0.39, 0.29) is 16.3 Å². The molecule has 0 radical (unpaired) electrons. The van der Waals surface area contributed by atoms with Crippen molar-refractivity contribution in [2.24, 2.45) is 5.73 Å². The number of rotatable bonds is 5. The Bertz CT molecular complexity index is 1330. The smallest absolute Gasteiger partial charge is 0.258 e. The second kappa shape index (κ2) is 8.64. The van der Waals surface area contributed by atoms with Crippen LogP contribution in [-0.4, -0.2) is 16.1 Å². The average molecular weight is 548 g/mol. The van der Waals surface area contributed by atoms with Crippen LogP contribution in [0.2, 0.25) is 10.0 Å². The summed E-state index contributed by atoms with van der Waals surface area (Å²) in [7, 11) is 0. The Morgan fingerprint density at radius 2 is 1.56 bits per heavy atom. The molecule has 176 valence electrons. The zero-order chi connectivity index (χ0) is 25.0. The van der Waals surface area contributed by atoms with E-state index in [0.29, 0.717) is 5.56 Å². The van der Waals surface area contributed by atoms with Gasteiger partial charge in [-0.15, -0.1) is 0 Å². The van der Waals surface area contributed by atoms with Gasteiger partial charge in [-0.25, -0.2) is 13.2 Å². The van der Waals surface area contributed by atoms with E-state index >= 15 is 0 Å². The van der Waals surface area contributed by atoms with Crippen LogP contribution in [0.25, 0.3) is 0 Å². The largest absolute Gasteiger partial charge is 0.369 e. The van der Waals surface area contributed by atoms with Crippen molar-refractivity contribution in [1.29, 1.82) is 0 Å². The molecule has 0 aromatic heterocycles. The van der Waals surface area contributed by atoms with E-state index in [0.717, 1.165) is 30.3 Å². The summed E-state index contributed by atoms with van der Waals surface area (Å²) in [6.45, 7) is 0. The van der Waals surface area contributed by atoms with Gasteiger partial charge in [0.25, 0.3) is 5.91 Å². The number of primary amides is 1. The minimum Gasteiger partial charge on any atom is -0.369 e.